The van der Waals surface area contributed by atoms with E-state index in [0.717, 1.165) is 19.3 Å². The number of hydrogen-bond acceptors (Lipinski definition) is 2. The molecule has 2 nitrogen and oxygen atoms in total. The summed E-state index contributed by atoms with van der Waals surface area (Å²) in [6.45, 7) is 4.33. The van der Waals surface area contributed by atoms with Crippen LogP contribution in [0.5, 0.6) is 0 Å². The minimum Gasteiger partial charge on any atom is -0.271 e. The Kier molecular flexibility index (Phi) is 4.70. The summed E-state index contributed by atoms with van der Waals surface area (Å²) >= 11 is 0. The molecule has 1 aliphatic rings. The maximum absolute atomic E-state index is 13.9. The van der Waals surface area contributed by atoms with Crippen LogP contribution in [0.1, 0.15) is 44.7 Å². The van der Waals surface area contributed by atoms with Gasteiger partial charge in [-0.1, -0.05) is 20.3 Å². The molecule has 4 unspecified atom stereocenters. The number of rotatable bonds is 3. The van der Waals surface area contributed by atoms with E-state index in [-0.39, 0.29) is 11.5 Å². The Morgan fingerprint density at radius 3 is 2.20 bits per heavy atom. The van der Waals surface area contributed by atoms with Gasteiger partial charge in [-0.05, 0) is 30.6 Å². The topological polar surface area (TPSA) is 38.0 Å². The van der Waals surface area contributed by atoms with Crippen molar-refractivity contribution >= 4 is 0 Å². The van der Waals surface area contributed by atoms with Gasteiger partial charge in [0.25, 0.3) is 0 Å². The predicted molar refractivity (Wildman–Crippen MR) is 72.0 cm³/mol. The lowest BCUT2D eigenvalue weighted by atomic mass is 9.72. The molecule has 0 spiro atoms. The Morgan fingerprint density at radius 2 is 1.70 bits per heavy atom. The molecule has 0 bridgehead atoms. The molecule has 0 radical (unpaired) electrons. The normalized spacial score (nSPS) is 28.4. The standard InChI is InChI=1S/C15H21F3N2/c1-8-3-4-10(5-9(8)2)15(20-19)14-12(17)6-11(16)7-13(14)18/h6-10,15,20H,3-5,19H2,1-2H3. The number of benzene rings is 1. The highest BCUT2D eigenvalue weighted by molar-refractivity contribution is 5.25. The monoisotopic (exact) mass is 286 g/mol. The summed E-state index contributed by atoms with van der Waals surface area (Å²) in [6, 6.07) is 0.792. The van der Waals surface area contributed by atoms with Crippen molar-refractivity contribution in [2.24, 2.45) is 23.6 Å². The smallest absolute Gasteiger partial charge is 0.133 e. The first-order valence-electron chi connectivity index (χ1n) is 7.04. The molecule has 1 aromatic rings. The molecular formula is C15H21F3N2. The lowest BCUT2D eigenvalue weighted by molar-refractivity contribution is 0.167. The first-order chi connectivity index (χ1) is 9.43. The van der Waals surface area contributed by atoms with Gasteiger partial charge in [-0.3, -0.25) is 11.3 Å². The summed E-state index contributed by atoms with van der Waals surface area (Å²) < 4.78 is 40.8. The van der Waals surface area contributed by atoms with E-state index in [0.29, 0.717) is 24.0 Å². The molecule has 0 amide bonds. The van der Waals surface area contributed by atoms with Gasteiger partial charge >= 0.3 is 0 Å². The SMILES string of the molecule is CC1CCC(C(NN)c2c(F)cc(F)cc2F)CC1C. The molecule has 0 heterocycles. The molecule has 1 aromatic carbocycles. The van der Waals surface area contributed by atoms with Crippen LogP contribution in [-0.4, -0.2) is 0 Å². The van der Waals surface area contributed by atoms with Crippen molar-refractivity contribution in [3.05, 3.63) is 35.1 Å². The van der Waals surface area contributed by atoms with E-state index < -0.39 is 23.5 Å². The van der Waals surface area contributed by atoms with E-state index in [2.05, 4.69) is 19.3 Å². The molecule has 5 heteroatoms. The fourth-order valence-corrected chi connectivity index (χ4v) is 3.20. The molecule has 0 aromatic heterocycles. The summed E-state index contributed by atoms with van der Waals surface area (Å²) in [6.07, 6.45) is 2.72. The van der Waals surface area contributed by atoms with Crippen molar-refractivity contribution in [2.75, 3.05) is 0 Å². The van der Waals surface area contributed by atoms with Crippen LogP contribution in [0.15, 0.2) is 12.1 Å². The Labute approximate surface area is 117 Å². The lowest BCUT2D eigenvalue weighted by Gasteiger charge is -2.36. The quantitative estimate of drug-likeness (QED) is 0.657. The van der Waals surface area contributed by atoms with Crippen molar-refractivity contribution in [2.45, 2.75) is 39.2 Å². The van der Waals surface area contributed by atoms with Gasteiger partial charge < -0.3 is 0 Å². The lowest BCUT2D eigenvalue weighted by Crippen LogP contribution is -2.38. The fraction of sp³-hybridized carbons (Fsp3) is 0.600. The van der Waals surface area contributed by atoms with Crippen LogP contribution in [0, 0.1) is 35.2 Å². The van der Waals surface area contributed by atoms with Crippen molar-refractivity contribution in [3.8, 4) is 0 Å². The second-order valence-corrected chi connectivity index (χ2v) is 5.96. The van der Waals surface area contributed by atoms with Crippen LogP contribution in [-0.2, 0) is 0 Å². The first-order valence-corrected chi connectivity index (χ1v) is 7.04. The third kappa shape index (κ3) is 2.99. The number of hydrogen-bond donors (Lipinski definition) is 2. The molecule has 112 valence electrons. The van der Waals surface area contributed by atoms with Gasteiger partial charge in [-0.2, -0.15) is 0 Å². The zero-order chi connectivity index (χ0) is 14.9. The largest absolute Gasteiger partial charge is 0.271 e. The van der Waals surface area contributed by atoms with Gasteiger partial charge in [0.15, 0.2) is 0 Å². The van der Waals surface area contributed by atoms with Gasteiger partial charge in [0.2, 0.25) is 0 Å². The van der Waals surface area contributed by atoms with Gasteiger partial charge in [-0.25, -0.2) is 13.2 Å². The van der Waals surface area contributed by atoms with Crippen molar-refractivity contribution in [3.63, 3.8) is 0 Å². The molecular weight excluding hydrogens is 265 g/mol. The Morgan fingerprint density at radius 1 is 1.10 bits per heavy atom. The van der Waals surface area contributed by atoms with Crippen LogP contribution >= 0.6 is 0 Å². The summed E-state index contributed by atoms with van der Waals surface area (Å²) in [7, 11) is 0. The van der Waals surface area contributed by atoms with E-state index >= 15 is 0 Å². The predicted octanol–water partition coefficient (Wildman–Crippen LogP) is 3.68. The summed E-state index contributed by atoms with van der Waals surface area (Å²) in [5, 5.41) is 0. The highest BCUT2D eigenvalue weighted by Crippen LogP contribution is 2.40. The highest BCUT2D eigenvalue weighted by atomic mass is 19.1. The van der Waals surface area contributed by atoms with Crippen molar-refractivity contribution in [1.29, 1.82) is 0 Å². The van der Waals surface area contributed by atoms with Gasteiger partial charge in [0, 0.05) is 17.7 Å². The minimum absolute atomic E-state index is 0.0562. The van der Waals surface area contributed by atoms with Crippen molar-refractivity contribution < 1.29 is 13.2 Å². The van der Waals surface area contributed by atoms with Crippen LogP contribution in [0.4, 0.5) is 13.2 Å². The molecule has 1 aliphatic carbocycles. The van der Waals surface area contributed by atoms with E-state index in [1.54, 1.807) is 0 Å². The summed E-state index contributed by atoms with van der Waals surface area (Å²) in [4.78, 5) is 0. The second kappa shape index (κ2) is 6.14. The summed E-state index contributed by atoms with van der Waals surface area (Å²) in [5.74, 6) is 3.99. The van der Waals surface area contributed by atoms with E-state index in [1.807, 2.05) is 0 Å². The van der Waals surface area contributed by atoms with E-state index in [4.69, 9.17) is 5.84 Å². The summed E-state index contributed by atoms with van der Waals surface area (Å²) in [5.41, 5.74) is 2.37. The molecule has 4 atom stereocenters. The van der Waals surface area contributed by atoms with Crippen LogP contribution in [0.3, 0.4) is 0 Å². The number of nitrogens with one attached hydrogen (secondary N) is 1. The molecule has 0 aliphatic heterocycles. The average Bonchev–Trinajstić information content (AvgIpc) is 2.37. The first kappa shape index (κ1) is 15.3. The maximum Gasteiger partial charge on any atom is 0.133 e. The third-order valence-corrected chi connectivity index (χ3v) is 4.64. The molecule has 1 fully saturated rings. The number of halogens is 3. The molecule has 3 N–H and O–H groups in total. The molecule has 20 heavy (non-hydrogen) atoms. The van der Waals surface area contributed by atoms with Crippen LogP contribution < -0.4 is 11.3 Å². The van der Waals surface area contributed by atoms with Gasteiger partial charge in [-0.15, -0.1) is 0 Å². The van der Waals surface area contributed by atoms with Gasteiger partial charge in [0.05, 0.1) is 6.04 Å². The second-order valence-electron chi connectivity index (χ2n) is 5.96. The van der Waals surface area contributed by atoms with Crippen LogP contribution in [0.25, 0.3) is 0 Å². The number of nitrogens with two attached hydrogens (primary N) is 1. The van der Waals surface area contributed by atoms with E-state index in [9.17, 15) is 13.2 Å². The fourth-order valence-electron chi connectivity index (χ4n) is 3.20. The third-order valence-electron chi connectivity index (χ3n) is 4.64. The minimum atomic E-state index is -0.912. The Hall–Kier alpha value is -1.07. The molecule has 2 rings (SSSR count). The zero-order valence-corrected chi connectivity index (χ0v) is 11.8. The maximum atomic E-state index is 13.9. The molecule has 1 saturated carbocycles. The van der Waals surface area contributed by atoms with E-state index in [1.165, 1.54) is 0 Å². The highest BCUT2D eigenvalue weighted by Gasteiger charge is 2.33. The molecule has 0 saturated heterocycles. The van der Waals surface area contributed by atoms with Crippen molar-refractivity contribution in [1.82, 2.24) is 5.43 Å². The Balaban J connectivity index is 2.29. The zero-order valence-electron chi connectivity index (χ0n) is 11.8. The average molecular weight is 286 g/mol. The van der Waals surface area contributed by atoms with Crippen LogP contribution in [0.2, 0.25) is 0 Å². The Bertz CT molecular complexity index is 455. The number of hydrazine groups is 1. The van der Waals surface area contributed by atoms with Gasteiger partial charge in [0.1, 0.15) is 17.5 Å².